The van der Waals surface area contributed by atoms with Crippen LogP contribution in [0.5, 0.6) is 0 Å². The molecule has 1 heterocycles. The Balaban J connectivity index is 2.06. The van der Waals surface area contributed by atoms with Crippen molar-refractivity contribution in [1.82, 2.24) is 5.32 Å². The van der Waals surface area contributed by atoms with Crippen LogP contribution in [0, 0.1) is 0 Å². The van der Waals surface area contributed by atoms with E-state index in [1.165, 1.54) is 11.1 Å². The molecule has 1 aliphatic heterocycles. The first kappa shape index (κ1) is 12.7. The molecule has 0 saturated carbocycles. The van der Waals surface area contributed by atoms with Crippen molar-refractivity contribution >= 4 is 11.6 Å². The molecule has 102 valence electrons. The molecule has 20 heavy (non-hydrogen) atoms. The van der Waals surface area contributed by atoms with Crippen molar-refractivity contribution in [2.75, 3.05) is 11.9 Å². The maximum absolute atomic E-state index is 11.1. The van der Waals surface area contributed by atoms with E-state index in [9.17, 15) is 4.79 Å². The summed E-state index contributed by atoms with van der Waals surface area (Å²) >= 11 is 0. The summed E-state index contributed by atoms with van der Waals surface area (Å²) in [6.45, 7) is 0.940. The molecule has 0 aliphatic carbocycles. The van der Waals surface area contributed by atoms with E-state index >= 15 is 0 Å². The molecule has 0 bridgehead atoms. The van der Waals surface area contributed by atoms with Crippen LogP contribution >= 0.6 is 0 Å². The second kappa shape index (κ2) is 5.35. The third-order valence-electron chi connectivity index (χ3n) is 3.59. The standard InChI is InChI=1S/C16H17N3O/c17-15(20)10-19-16-12-6-2-1-5-11(12)9-18-14-8-4-3-7-13(14)16/h1-8,16,18-19H,9-10H2,(H2,17,20). The number of nitrogens with two attached hydrogens (primary N) is 1. The van der Waals surface area contributed by atoms with Crippen LogP contribution in [0.1, 0.15) is 22.7 Å². The average Bonchev–Trinajstić information content (AvgIpc) is 2.62. The molecule has 4 nitrogen and oxygen atoms in total. The van der Waals surface area contributed by atoms with Crippen molar-refractivity contribution in [2.24, 2.45) is 5.73 Å². The van der Waals surface area contributed by atoms with Gasteiger partial charge in [-0.2, -0.15) is 0 Å². The van der Waals surface area contributed by atoms with Gasteiger partial charge in [0.1, 0.15) is 0 Å². The Morgan fingerprint density at radius 2 is 1.85 bits per heavy atom. The lowest BCUT2D eigenvalue weighted by atomic mass is 9.95. The zero-order valence-electron chi connectivity index (χ0n) is 11.1. The quantitative estimate of drug-likeness (QED) is 0.794. The molecule has 0 radical (unpaired) electrons. The number of benzene rings is 2. The molecule has 1 unspecified atom stereocenters. The van der Waals surface area contributed by atoms with Crippen molar-refractivity contribution in [2.45, 2.75) is 12.6 Å². The molecular weight excluding hydrogens is 250 g/mol. The largest absolute Gasteiger partial charge is 0.381 e. The topological polar surface area (TPSA) is 67.2 Å². The lowest BCUT2D eigenvalue weighted by molar-refractivity contribution is -0.117. The minimum absolute atomic E-state index is 0.0232. The predicted octanol–water partition coefficient (Wildman–Crippen LogP) is 1.78. The smallest absolute Gasteiger partial charge is 0.231 e. The van der Waals surface area contributed by atoms with Gasteiger partial charge < -0.3 is 11.1 Å². The van der Waals surface area contributed by atoms with E-state index in [-0.39, 0.29) is 18.5 Å². The van der Waals surface area contributed by atoms with Crippen molar-refractivity contribution in [3.8, 4) is 0 Å². The van der Waals surface area contributed by atoms with Gasteiger partial charge in [-0.25, -0.2) is 0 Å². The third-order valence-corrected chi connectivity index (χ3v) is 3.59. The number of rotatable bonds is 3. The van der Waals surface area contributed by atoms with Crippen LogP contribution < -0.4 is 16.4 Å². The van der Waals surface area contributed by atoms with E-state index in [2.05, 4.69) is 34.9 Å². The van der Waals surface area contributed by atoms with Gasteiger partial charge in [0.25, 0.3) is 0 Å². The molecule has 4 N–H and O–H groups in total. The lowest BCUT2D eigenvalue weighted by Crippen LogP contribution is -2.32. The Labute approximate surface area is 118 Å². The number of hydrogen-bond donors (Lipinski definition) is 3. The van der Waals surface area contributed by atoms with Gasteiger partial charge in [0.15, 0.2) is 0 Å². The summed E-state index contributed by atoms with van der Waals surface area (Å²) in [5.74, 6) is -0.350. The maximum atomic E-state index is 11.1. The van der Waals surface area contributed by atoms with Crippen LogP contribution in [0.4, 0.5) is 5.69 Å². The number of carbonyl (C=O) groups excluding carboxylic acids is 1. The van der Waals surface area contributed by atoms with Crippen LogP contribution in [-0.2, 0) is 11.3 Å². The Morgan fingerprint density at radius 1 is 1.15 bits per heavy atom. The van der Waals surface area contributed by atoms with E-state index in [4.69, 9.17) is 5.73 Å². The highest BCUT2D eigenvalue weighted by Crippen LogP contribution is 2.33. The highest BCUT2D eigenvalue weighted by atomic mass is 16.1. The molecule has 0 fully saturated rings. The second-order valence-electron chi connectivity index (χ2n) is 4.92. The molecule has 2 aromatic rings. The first-order valence-electron chi connectivity index (χ1n) is 6.68. The Bertz CT molecular complexity index is 592. The Kier molecular flexibility index (Phi) is 3.39. The number of nitrogens with one attached hydrogen (secondary N) is 2. The summed E-state index contributed by atoms with van der Waals surface area (Å²) in [5, 5.41) is 6.70. The number of fused-ring (bicyclic) bond motifs is 2. The number of amides is 1. The normalized spacial score (nSPS) is 16.5. The summed E-state index contributed by atoms with van der Waals surface area (Å²) < 4.78 is 0. The first-order valence-corrected chi connectivity index (χ1v) is 6.68. The number of hydrogen-bond acceptors (Lipinski definition) is 3. The van der Waals surface area contributed by atoms with Gasteiger partial charge in [-0.1, -0.05) is 42.5 Å². The van der Waals surface area contributed by atoms with Gasteiger partial charge >= 0.3 is 0 Å². The molecule has 0 aromatic heterocycles. The van der Waals surface area contributed by atoms with Crippen molar-refractivity contribution < 1.29 is 4.79 Å². The van der Waals surface area contributed by atoms with Crippen molar-refractivity contribution in [3.63, 3.8) is 0 Å². The lowest BCUT2D eigenvalue weighted by Gasteiger charge is -2.20. The van der Waals surface area contributed by atoms with Crippen LogP contribution in [0.25, 0.3) is 0 Å². The van der Waals surface area contributed by atoms with E-state index in [0.717, 1.165) is 17.8 Å². The fraction of sp³-hybridized carbons (Fsp3) is 0.188. The average molecular weight is 267 g/mol. The maximum Gasteiger partial charge on any atom is 0.231 e. The molecule has 3 rings (SSSR count). The van der Waals surface area contributed by atoms with Gasteiger partial charge in [0.2, 0.25) is 5.91 Å². The first-order chi connectivity index (χ1) is 9.75. The third kappa shape index (κ3) is 2.38. The Morgan fingerprint density at radius 3 is 2.65 bits per heavy atom. The Hall–Kier alpha value is -2.33. The van der Waals surface area contributed by atoms with Gasteiger partial charge in [0.05, 0.1) is 12.6 Å². The summed E-state index contributed by atoms with van der Waals surface area (Å²) in [6, 6.07) is 16.4. The van der Waals surface area contributed by atoms with Gasteiger partial charge in [0, 0.05) is 12.2 Å². The van der Waals surface area contributed by atoms with Crippen LogP contribution in [0.2, 0.25) is 0 Å². The molecule has 1 amide bonds. The van der Waals surface area contributed by atoms with Crippen LogP contribution in [0.3, 0.4) is 0 Å². The number of anilines is 1. The van der Waals surface area contributed by atoms with Gasteiger partial charge in [-0.15, -0.1) is 0 Å². The van der Waals surface area contributed by atoms with Gasteiger partial charge in [-0.05, 0) is 22.8 Å². The van der Waals surface area contributed by atoms with Crippen LogP contribution in [0.15, 0.2) is 48.5 Å². The van der Waals surface area contributed by atoms with Gasteiger partial charge in [-0.3, -0.25) is 10.1 Å². The number of carbonyl (C=O) groups is 1. The molecule has 2 aromatic carbocycles. The van der Waals surface area contributed by atoms with E-state index in [1.807, 2.05) is 24.3 Å². The van der Waals surface area contributed by atoms with Crippen LogP contribution in [-0.4, -0.2) is 12.5 Å². The highest BCUT2D eigenvalue weighted by molar-refractivity contribution is 5.76. The fourth-order valence-electron chi connectivity index (χ4n) is 2.67. The molecule has 4 heteroatoms. The molecular formula is C16H17N3O. The van der Waals surface area contributed by atoms with Crippen molar-refractivity contribution in [3.05, 3.63) is 65.2 Å². The summed E-state index contributed by atoms with van der Waals surface area (Å²) in [7, 11) is 0. The SMILES string of the molecule is NC(=O)CNC1c2ccccc2CNc2ccccc21. The van der Waals surface area contributed by atoms with E-state index < -0.39 is 0 Å². The minimum Gasteiger partial charge on any atom is -0.381 e. The summed E-state index contributed by atoms with van der Waals surface area (Å²) in [6.07, 6.45) is 0. The van der Waals surface area contributed by atoms with Crippen molar-refractivity contribution in [1.29, 1.82) is 0 Å². The zero-order chi connectivity index (χ0) is 13.9. The highest BCUT2D eigenvalue weighted by Gasteiger charge is 2.22. The predicted molar refractivity (Wildman–Crippen MR) is 79.3 cm³/mol. The summed E-state index contributed by atoms with van der Waals surface area (Å²) in [5.41, 5.74) is 9.91. The second-order valence-corrected chi connectivity index (χ2v) is 4.92. The molecule has 0 saturated heterocycles. The molecule has 0 spiro atoms. The fourth-order valence-corrected chi connectivity index (χ4v) is 2.67. The number of para-hydroxylation sites is 1. The minimum atomic E-state index is -0.350. The molecule has 1 aliphatic rings. The zero-order valence-corrected chi connectivity index (χ0v) is 11.1. The monoisotopic (exact) mass is 267 g/mol. The molecule has 1 atom stereocenters. The summed E-state index contributed by atoms with van der Waals surface area (Å²) in [4.78, 5) is 11.1. The van der Waals surface area contributed by atoms with E-state index in [0.29, 0.717) is 0 Å². The van der Waals surface area contributed by atoms with E-state index in [1.54, 1.807) is 0 Å². The number of primary amides is 1.